The minimum absolute atomic E-state index is 0.225. The molecule has 0 fully saturated rings. The fourth-order valence-corrected chi connectivity index (χ4v) is 1.45. The molecule has 92 valence electrons. The van der Waals surface area contributed by atoms with Crippen molar-refractivity contribution in [2.24, 2.45) is 5.73 Å². The first-order valence-corrected chi connectivity index (χ1v) is 5.84. The molecular weight excluding hydrogens is 206 g/mol. The lowest BCUT2D eigenvalue weighted by molar-refractivity contribution is 0.183. The lowest BCUT2D eigenvalue weighted by atomic mass is 10.1. The second-order valence-corrected chi connectivity index (χ2v) is 3.67. The average molecular weight is 227 g/mol. The predicted molar refractivity (Wildman–Crippen MR) is 62.7 cm³/mol. The fraction of sp³-hybridized carbons (Fsp3) is 0.667. The van der Waals surface area contributed by atoms with E-state index in [1.54, 1.807) is 0 Å². The highest BCUT2D eigenvalue weighted by Crippen LogP contribution is 2.19. The number of rotatable bonds is 8. The Morgan fingerprint density at radius 3 is 2.88 bits per heavy atom. The van der Waals surface area contributed by atoms with Gasteiger partial charge in [0.25, 0.3) is 0 Å². The van der Waals surface area contributed by atoms with Crippen molar-refractivity contribution in [1.82, 2.24) is 0 Å². The van der Waals surface area contributed by atoms with Crippen molar-refractivity contribution in [3.63, 3.8) is 0 Å². The number of hydrogen-bond donors (Lipinski definition) is 2. The van der Waals surface area contributed by atoms with E-state index in [2.05, 4.69) is 6.08 Å². The van der Waals surface area contributed by atoms with E-state index in [-0.39, 0.29) is 6.61 Å². The van der Waals surface area contributed by atoms with Gasteiger partial charge in [-0.05, 0) is 25.3 Å². The van der Waals surface area contributed by atoms with Gasteiger partial charge in [0.15, 0.2) is 0 Å². The molecule has 0 aromatic heterocycles. The van der Waals surface area contributed by atoms with Crippen LogP contribution in [-0.2, 0) is 9.47 Å². The van der Waals surface area contributed by atoms with Crippen molar-refractivity contribution < 1.29 is 14.6 Å². The molecule has 0 spiro atoms. The zero-order valence-corrected chi connectivity index (χ0v) is 9.65. The third-order valence-corrected chi connectivity index (χ3v) is 2.27. The largest absolute Gasteiger partial charge is 0.496 e. The monoisotopic (exact) mass is 227 g/mol. The van der Waals surface area contributed by atoms with Crippen molar-refractivity contribution in [2.45, 2.75) is 25.7 Å². The van der Waals surface area contributed by atoms with Gasteiger partial charge in [0.2, 0.25) is 0 Å². The molecular formula is C12H21NO3. The summed E-state index contributed by atoms with van der Waals surface area (Å²) in [5, 5.41) is 8.63. The maximum atomic E-state index is 8.63. The van der Waals surface area contributed by atoms with E-state index in [0.717, 1.165) is 37.2 Å². The van der Waals surface area contributed by atoms with Crippen LogP contribution >= 0.6 is 0 Å². The Hall–Kier alpha value is -1.00. The zero-order chi connectivity index (χ0) is 11.6. The molecule has 0 aliphatic heterocycles. The van der Waals surface area contributed by atoms with E-state index in [4.69, 9.17) is 20.3 Å². The van der Waals surface area contributed by atoms with Crippen LogP contribution in [0.15, 0.2) is 23.7 Å². The zero-order valence-electron chi connectivity index (χ0n) is 9.65. The van der Waals surface area contributed by atoms with Crippen LogP contribution in [0.3, 0.4) is 0 Å². The standard InChI is InChI=1S/C12H21NO3/c13-6-9-16-12-5-3-4-11(10-12)15-8-2-1-7-14/h4,10,14H,1-3,5-9,13H2. The summed E-state index contributed by atoms with van der Waals surface area (Å²) in [5.41, 5.74) is 5.37. The van der Waals surface area contributed by atoms with Crippen molar-refractivity contribution in [3.8, 4) is 0 Å². The molecule has 0 aromatic carbocycles. The summed E-state index contributed by atoms with van der Waals surface area (Å²) in [4.78, 5) is 0. The summed E-state index contributed by atoms with van der Waals surface area (Å²) < 4.78 is 11.0. The number of aliphatic hydroxyl groups is 1. The van der Waals surface area contributed by atoms with E-state index < -0.39 is 0 Å². The molecule has 0 atom stereocenters. The van der Waals surface area contributed by atoms with Crippen molar-refractivity contribution in [2.75, 3.05) is 26.4 Å². The lowest BCUT2D eigenvalue weighted by Crippen LogP contribution is -2.09. The van der Waals surface area contributed by atoms with Crippen LogP contribution in [0, 0.1) is 0 Å². The molecule has 0 aromatic rings. The van der Waals surface area contributed by atoms with Crippen LogP contribution < -0.4 is 5.73 Å². The molecule has 3 N–H and O–H groups in total. The molecule has 1 aliphatic rings. The maximum absolute atomic E-state index is 8.63. The highest BCUT2D eigenvalue weighted by atomic mass is 16.5. The van der Waals surface area contributed by atoms with Gasteiger partial charge in [-0.25, -0.2) is 0 Å². The number of hydrogen-bond acceptors (Lipinski definition) is 4. The number of unbranched alkanes of at least 4 members (excludes halogenated alkanes) is 1. The molecule has 0 saturated heterocycles. The molecule has 1 rings (SSSR count). The summed E-state index contributed by atoms with van der Waals surface area (Å²) in [5.74, 6) is 1.82. The Morgan fingerprint density at radius 2 is 2.12 bits per heavy atom. The second-order valence-electron chi connectivity index (χ2n) is 3.67. The predicted octanol–water partition coefficient (Wildman–Crippen LogP) is 1.31. The van der Waals surface area contributed by atoms with Gasteiger partial charge in [0.1, 0.15) is 5.76 Å². The topological polar surface area (TPSA) is 64.7 Å². The van der Waals surface area contributed by atoms with Crippen molar-refractivity contribution in [3.05, 3.63) is 23.7 Å². The lowest BCUT2D eigenvalue weighted by Gasteiger charge is -2.15. The Bertz CT molecular complexity index is 249. The third kappa shape index (κ3) is 5.19. The van der Waals surface area contributed by atoms with Gasteiger partial charge in [0.05, 0.1) is 19.0 Å². The molecule has 0 heterocycles. The van der Waals surface area contributed by atoms with Gasteiger partial charge in [-0.3, -0.25) is 0 Å². The molecule has 0 bridgehead atoms. The smallest absolute Gasteiger partial charge is 0.118 e. The third-order valence-electron chi connectivity index (χ3n) is 2.27. The Morgan fingerprint density at radius 1 is 1.25 bits per heavy atom. The van der Waals surface area contributed by atoms with Crippen LogP contribution in [-0.4, -0.2) is 31.5 Å². The normalized spacial score (nSPS) is 15.4. The molecule has 16 heavy (non-hydrogen) atoms. The fourth-order valence-electron chi connectivity index (χ4n) is 1.45. The van der Waals surface area contributed by atoms with E-state index in [0.29, 0.717) is 19.8 Å². The minimum atomic E-state index is 0.225. The highest BCUT2D eigenvalue weighted by molar-refractivity contribution is 5.20. The van der Waals surface area contributed by atoms with Gasteiger partial charge in [-0.2, -0.15) is 0 Å². The van der Waals surface area contributed by atoms with Crippen LogP contribution in [0.25, 0.3) is 0 Å². The van der Waals surface area contributed by atoms with Gasteiger partial charge in [-0.1, -0.05) is 0 Å². The number of aliphatic hydroxyl groups excluding tert-OH is 1. The summed E-state index contributed by atoms with van der Waals surface area (Å²) in [6.07, 6.45) is 7.52. The highest BCUT2D eigenvalue weighted by Gasteiger charge is 2.07. The SMILES string of the molecule is NCCOC1=CC(OCCCCO)=CCC1. The quantitative estimate of drug-likeness (QED) is 0.614. The second kappa shape index (κ2) is 8.19. The summed E-state index contributed by atoms with van der Waals surface area (Å²) in [7, 11) is 0. The number of allylic oxidation sites excluding steroid dienone is 3. The summed E-state index contributed by atoms with van der Waals surface area (Å²) in [6, 6.07) is 0. The van der Waals surface area contributed by atoms with Crippen molar-refractivity contribution in [1.29, 1.82) is 0 Å². The first-order chi connectivity index (χ1) is 7.86. The van der Waals surface area contributed by atoms with Gasteiger partial charge in [-0.15, -0.1) is 0 Å². The minimum Gasteiger partial charge on any atom is -0.496 e. The average Bonchev–Trinajstić information content (AvgIpc) is 2.33. The van der Waals surface area contributed by atoms with Gasteiger partial charge >= 0.3 is 0 Å². The molecule has 0 unspecified atom stereocenters. The summed E-state index contributed by atoms with van der Waals surface area (Å²) in [6.45, 7) is 1.97. The Kier molecular flexibility index (Phi) is 6.69. The van der Waals surface area contributed by atoms with E-state index >= 15 is 0 Å². The molecule has 0 saturated carbocycles. The van der Waals surface area contributed by atoms with Gasteiger partial charge in [0, 0.05) is 25.6 Å². The van der Waals surface area contributed by atoms with Crippen LogP contribution in [0.5, 0.6) is 0 Å². The Balaban J connectivity index is 2.25. The Labute approximate surface area is 96.7 Å². The van der Waals surface area contributed by atoms with Crippen LogP contribution in [0.2, 0.25) is 0 Å². The van der Waals surface area contributed by atoms with Crippen LogP contribution in [0.1, 0.15) is 25.7 Å². The molecule has 4 nitrogen and oxygen atoms in total. The number of nitrogens with two attached hydrogens (primary N) is 1. The van der Waals surface area contributed by atoms with E-state index in [1.807, 2.05) is 6.08 Å². The summed E-state index contributed by atoms with van der Waals surface area (Å²) >= 11 is 0. The number of ether oxygens (including phenoxy) is 2. The first kappa shape index (κ1) is 13.1. The first-order valence-electron chi connectivity index (χ1n) is 5.84. The maximum Gasteiger partial charge on any atom is 0.118 e. The van der Waals surface area contributed by atoms with Crippen LogP contribution in [0.4, 0.5) is 0 Å². The molecule has 0 radical (unpaired) electrons. The molecule has 1 aliphatic carbocycles. The van der Waals surface area contributed by atoms with E-state index in [1.165, 1.54) is 0 Å². The molecule has 0 amide bonds. The molecule has 4 heteroatoms. The van der Waals surface area contributed by atoms with Crippen molar-refractivity contribution >= 4 is 0 Å². The van der Waals surface area contributed by atoms with E-state index in [9.17, 15) is 0 Å². The van der Waals surface area contributed by atoms with Gasteiger partial charge < -0.3 is 20.3 Å².